The second kappa shape index (κ2) is 8.00. The molecule has 0 bridgehead atoms. The monoisotopic (exact) mass is 377 g/mol. The Balaban J connectivity index is 0.00000264. The Morgan fingerprint density at radius 3 is 2.50 bits per heavy atom. The molecule has 0 fully saturated rings. The number of carbonyl (C=O) groups excluding carboxylic acids is 1. The molecule has 2 heterocycles. The number of rotatable bonds is 3. The van der Waals surface area contributed by atoms with Gasteiger partial charge in [-0.3, -0.25) is 14.7 Å². The number of nitrogens with zero attached hydrogens (tertiary/aromatic N) is 2. The molecule has 4 N–H and O–H groups in total. The fourth-order valence-electron chi connectivity index (χ4n) is 2.29. The van der Waals surface area contributed by atoms with E-state index in [2.05, 4.69) is 15.4 Å². The Morgan fingerprint density at radius 2 is 1.96 bits per heavy atom. The van der Waals surface area contributed by atoms with Gasteiger partial charge in [-0.25, -0.2) is 9.50 Å². The van der Waals surface area contributed by atoms with Crippen molar-refractivity contribution < 1.29 is 4.79 Å². The second-order valence-electron chi connectivity index (χ2n) is 6.64. The van der Waals surface area contributed by atoms with Crippen LogP contribution in [0.3, 0.4) is 0 Å². The lowest BCUT2D eigenvalue weighted by molar-refractivity contribution is -0.124. The average Bonchev–Trinajstić information content (AvgIpc) is 2.77. The van der Waals surface area contributed by atoms with Crippen LogP contribution >= 0.6 is 24.8 Å². The molecule has 7 nitrogen and oxygen atoms in total. The summed E-state index contributed by atoms with van der Waals surface area (Å²) in [6.45, 7) is 9.83. The van der Waals surface area contributed by atoms with E-state index < -0.39 is 6.04 Å². The number of nitrogens with two attached hydrogens (primary N) is 1. The smallest absolute Gasteiger partial charge is 0.266 e. The first kappa shape index (κ1) is 22.4. The Labute approximate surface area is 153 Å². The van der Waals surface area contributed by atoms with Gasteiger partial charge in [-0.05, 0) is 19.3 Å². The first-order valence-corrected chi connectivity index (χ1v) is 7.22. The fourth-order valence-corrected chi connectivity index (χ4v) is 2.29. The van der Waals surface area contributed by atoms with E-state index in [1.54, 1.807) is 4.52 Å². The first-order chi connectivity index (χ1) is 10.1. The summed E-state index contributed by atoms with van der Waals surface area (Å²) in [6.07, 6.45) is 0. The lowest BCUT2D eigenvalue weighted by atomic mass is 9.87. The maximum atomic E-state index is 12.1. The third kappa shape index (κ3) is 4.49. The van der Waals surface area contributed by atoms with Gasteiger partial charge in [-0.1, -0.05) is 20.8 Å². The number of amides is 1. The van der Waals surface area contributed by atoms with Crippen LogP contribution in [0.15, 0.2) is 10.9 Å². The number of fused-ring (bicyclic) bond motifs is 1. The van der Waals surface area contributed by atoms with Crippen molar-refractivity contribution >= 4 is 36.4 Å². The molecule has 2 aromatic rings. The maximum absolute atomic E-state index is 12.1. The van der Waals surface area contributed by atoms with Crippen LogP contribution in [-0.4, -0.2) is 26.5 Å². The minimum absolute atomic E-state index is 0. The summed E-state index contributed by atoms with van der Waals surface area (Å²) in [5, 5.41) is 5.54. The van der Waals surface area contributed by atoms with Crippen LogP contribution in [0.25, 0.3) is 5.65 Å². The van der Waals surface area contributed by atoms with Crippen LogP contribution in [0.2, 0.25) is 0 Å². The summed E-state index contributed by atoms with van der Waals surface area (Å²) in [4.78, 5) is 27.9. The minimum Gasteiger partial charge on any atom is -0.351 e. The number of nitrogens with one attached hydrogen (secondary N) is 2. The van der Waals surface area contributed by atoms with Crippen LogP contribution in [-0.2, 0) is 11.3 Å². The van der Waals surface area contributed by atoms with Crippen molar-refractivity contribution in [3.63, 3.8) is 0 Å². The summed E-state index contributed by atoms with van der Waals surface area (Å²) < 4.78 is 1.63. The number of hydrogen-bond donors (Lipinski definition) is 3. The van der Waals surface area contributed by atoms with Crippen LogP contribution < -0.4 is 16.6 Å². The number of aromatic nitrogens is 3. The van der Waals surface area contributed by atoms with Crippen molar-refractivity contribution in [1.82, 2.24) is 19.9 Å². The molecular formula is C15H25Cl2N5O2. The zero-order valence-electron chi connectivity index (χ0n) is 14.5. The van der Waals surface area contributed by atoms with Gasteiger partial charge in [0.1, 0.15) is 0 Å². The first-order valence-electron chi connectivity index (χ1n) is 7.22. The van der Waals surface area contributed by atoms with Gasteiger partial charge in [0.2, 0.25) is 5.91 Å². The molecular weight excluding hydrogens is 353 g/mol. The molecule has 0 saturated heterocycles. The highest BCUT2D eigenvalue weighted by atomic mass is 35.5. The van der Waals surface area contributed by atoms with Crippen molar-refractivity contribution in [1.29, 1.82) is 0 Å². The van der Waals surface area contributed by atoms with Gasteiger partial charge in [0.25, 0.3) is 5.56 Å². The summed E-state index contributed by atoms with van der Waals surface area (Å²) in [7, 11) is 0. The fraction of sp³-hybridized carbons (Fsp3) is 0.533. The number of halogens is 2. The van der Waals surface area contributed by atoms with Crippen molar-refractivity contribution in [3.8, 4) is 0 Å². The van der Waals surface area contributed by atoms with E-state index >= 15 is 0 Å². The standard InChI is InChI=1S/C15H23N5O2.2ClH/c1-8-10(7-17-14(22)13(16)15(3,4)5)9(2)20-11(18-8)6-12(21)19-20;;/h6,13H,7,16H2,1-5H3,(H,17,22)(H,19,21);2*1H/t13-;;/m1../s1. The van der Waals surface area contributed by atoms with E-state index in [4.69, 9.17) is 5.73 Å². The number of aryl methyl sites for hydroxylation is 2. The molecule has 2 rings (SSSR count). The Bertz CT molecular complexity index is 776. The molecule has 1 amide bonds. The zero-order chi connectivity index (χ0) is 16.7. The van der Waals surface area contributed by atoms with Crippen LogP contribution in [0, 0.1) is 19.3 Å². The maximum Gasteiger partial charge on any atom is 0.266 e. The molecule has 0 aromatic carbocycles. The van der Waals surface area contributed by atoms with Crippen molar-refractivity contribution in [3.05, 3.63) is 33.4 Å². The Hall–Kier alpha value is -1.57. The summed E-state index contributed by atoms with van der Waals surface area (Å²) in [5.74, 6) is -0.201. The largest absolute Gasteiger partial charge is 0.351 e. The van der Waals surface area contributed by atoms with Crippen LogP contribution in [0.4, 0.5) is 0 Å². The molecule has 0 aliphatic rings. The van der Waals surface area contributed by atoms with Gasteiger partial charge < -0.3 is 11.1 Å². The normalized spacial score (nSPS) is 12.2. The summed E-state index contributed by atoms with van der Waals surface area (Å²) in [5.41, 5.74) is 8.50. The predicted octanol–water partition coefficient (Wildman–Crippen LogP) is 1.47. The topological polar surface area (TPSA) is 105 Å². The molecule has 1 atom stereocenters. The van der Waals surface area contributed by atoms with Gasteiger partial charge in [-0.2, -0.15) is 0 Å². The highest BCUT2D eigenvalue weighted by Gasteiger charge is 2.27. The number of aromatic amines is 1. The molecule has 9 heteroatoms. The van der Waals surface area contributed by atoms with Gasteiger partial charge in [-0.15, -0.1) is 24.8 Å². The van der Waals surface area contributed by atoms with E-state index in [1.165, 1.54) is 6.07 Å². The van der Waals surface area contributed by atoms with Gasteiger partial charge in [0.15, 0.2) is 5.65 Å². The van der Waals surface area contributed by atoms with E-state index in [0.717, 1.165) is 17.0 Å². The lowest BCUT2D eigenvalue weighted by Crippen LogP contribution is -2.48. The highest BCUT2D eigenvalue weighted by Crippen LogP contribution is 2.18. The molecule has 136 valence electrons. The van der Waals surface area contributed by atoms with Gasteiger partial charge >= 0.3 is 0 Å². The number of hydrogen-bond acceptors (Lipinski definition) is 4. The Kier molecular flexibility index (Phi) is 7.48. The van der Waals surface area contributed by atoms with E-state index in [0.29, 0.717) is 12.2 Å². The summed E-state index contributed by atoms with van der Waals surface area (Å²) >= 11 is 0. The van der Waals surface area contributed by atoms with E-state index in [1.807, 2.05) is 34.6 Å². The van der Waals surface area contributed by atoms with E-state index in [9.17, 15) is 9.59 Å². The van der Waals surface area contributed by atoms with E-state index in [-0.39, 0.29) is 41.7 Å². The van der Waals surface area contributed by atoms with Crippen LogP contribution in [0.1, 0.15) is 37.7 Å². The molecule has 0 unspecified atom stereocenters. The van der Waals surface area contributed by atoms with Crippen LogP contribution in [0.5, 0.6) is 0 Å². The van der Waals surface area contributed by atoms with Gasteiger partial charge in [0, 0.05) is 29.6 Å². The van der Waals surface area contributed by atoms with Crippen molar-refractivity contribution in [2.75, 3.05) is 0 Å². The van der Waals surface area contributed by atoms with Crippen molar-refractivity contribution in [2.45, 2.75) is 47.2 Å². The lowest BCUT2D eigenvalue weighted by Gasteiger charge is -2.26. The molecule has 2 aromatic heterocycles. The molecule has 0 aliphatic heterocycles. The number of H-pyrrole nitrogens is 1. The van der Waals surface area contributed by atoms with Gasteiger partial charge in [0.05, 0.1) is 6.04 Å². The molecule has 0 spiro atoms. The predicted molar refractivity (Wildman–Crippen MR) is 99.1 cm³/mol. The quantitative estimate of drug-likeness (QED) is 0.752. The zero-order valence-corrected chi connectivity index (χ0v) is 16.1. The summed E-state index contributed by atoms with van der Waals surface area (Å²) in [6, 6.07) is 0.855. The molecule has 0 aliphatic carbocycles. The highest BCUT2D eigenvalue weighted by molar-refractivity contribution is 5.85. The second-order valence-corrected chi connectivity index (χ2v) is 6.64. The molecule has 0 radical (unpaired) electrons. The SMILES string of the molecule is Cc1nc2cc(=O)[nH]n2c(C)c1CNC(=O)[C@@H](N)C(C)(C)C.Cl.Cl. The average molecular weight is 378 g/mol. The minimum atomic E-state index is -0.587. The third-order valence-corrected chi connectivity index (χ3v) is 3.86. The molecule has 0 saturated carbocycles. The molecule has 24 heavy (non-hydrogen) atoms. The Morgan fingerprint density at radius 1 is 1.38 bits per heavy atom. The van der Waals surface area contributed by atoms with Crippen molar-refractivity contribution in [2.24, 2.45) is 11.1 Å². The number of carbonyl (C=O) groups is 1. The third-order valence-electron chi connectivity index (χ3n) is 3.86.